The van der Waals surface area contributed by atoms with Gasteiger partial charge in [0.2, 0.25) is 0 Å². The Labute approximate surface area is 242 Å². The topological polar surface area (TPSA) is 274 Å². The molecule has 4 heterocycles. The van der Waals surface area contributed by atoms with Gasteiger partial charge in [-0.05, 0) is 5.56 Å². The number of aromatic nitrogens is 4. The van der Waals surface area contributed by atoms with Crippen molar-refractivity contribution in [3.63, 3.8) is 0 Å². The molecule has 0 saturated carbocycles. The van der Waals surface area contributed by atoms with E-state index in [9.17, 15) is 33.2 Å². The van der Waals surface area contributed by atoms with Crippen LogP contribution in [0.25, 0.3) is 11.2 Å². The van der Waals surface area contributed by atoms with Crippen LogP contribution in [0.5, 0.6) is 0 Å². The van der Waals surface area contributed by atoms with Crippen molar-refractivity contribution in [1.82, 2.24) is 19.5 Å². The molecule has 6 N–H and O–H groups in total. The van der Waals surface area contributed by atoms with E-state index in [-0.39, 0.29) is 5.82 Å². The molecule has 43 heavy (non-hydrogen) atoms. The van der Waals surface area contributed by atoms with Crippen LogP contribution in [-0.4, -0.2) is 82.6 Å². The summed E-state index contributed by atoms with van der Waals surface area (Å²) in [5.41, 5.74) is 7.40. The van der Waals surface area contributed by atoms with Gasteiger partial charge in [-0.15, -0.1) is 0 Å². The van der Waals surface area contributed by atoms with Crippen LogP contribution < -0.4 is 5.73 Å². The number of aliphatic carboxylic acids is 1. The average molecular weight is 665 g/mol. The number of hydrogen-bond acceptors (Lipinski definition) is 14. The third kappa shape index (κ3) is 7.72. The van der Waals surface area contributed by atoms with E-state index >= 15 is 0 Å². The summed E-state index contributed by atoms with van der Waals surface area (Å²) >= 11 is 0. The summed E-state index contributed by atoms with van der Waals surface area (Å²) in [5, 5.41) is 8.63. The molecule has 3 aromatic rings. The number of anilines is 1. The Morgan fingerprint density at radius 1 is 0.977 bits per heavy atom. The molecule has 0 aliphatic carbocycles. The van der Waals surface area contributed by atoms with Crippen molar-refractivity contribution >= 4 is 46.2 Å². The van der Waals surface area contributed by atoms with E-state index in [4.69, 9.17) is 29.6 Å². The van der Waals surface area contributed by atoms with E-state index in [1.165, 1.54) is 17.2 Å². The van der Waals surface area contributed by atoms with Gasteiger partial charge < -0.3 is 39.7 Å². The summed E-state index contributed by atoms with van der Waals surface area (Å²) in [6.45, 7) is -0.744. The molecule has 2 fully saturated rings. The quantitative estimate of drug-likeness (QED) is 0.162. The van der Waals surface area contributed by atoms with Crippen LogP contribution >= 0.6 is 23.2 Å². The van der Waals surface area contributed by atoms with Gasteiger partial charge in [-0.1, -0.05) is 30.3 Å². The normalized spacial score (nSPS) is 27.7. The summed E-state index contributed by atoms with van der Waals surface area (Å²) in [6.07, 6.45) is -3.49. The highest BCUT2D eigenvalue weighted by atomic mass is 31.3. The van der Waals surface area contributed by atoms with E-state index in [1.807, 2.05) is 30.3 Å². The van der Waals surface area contributed by atoms with Crippen LogP contribution in [0.15, 0.2) is 43.0 Å². The largest absolute Gasteiger partial charge is 0.488 e. The number of nitrogen functional groups attached to an aromatic ring is 1. The molecule has 0 radical (unpaired) electrons. The zero-order valence-electron chi connectivity index (χ0n) is 21.8. The van der Waals surface area contributed by atoms with Crippen molar-refractivity contribution in [2.45, 2.75) is 43.7 Å². The van der Waals surface area contributed by atoms with Gasteiger partial charge in [0.05, 0.1) is 25.5 Å². The molecule has 234 valence electrons. The van der Waals surface area contributed by atoms with Gasteiger partial charge >= 0.3 is 29.2 Å². The standard InChI is InChI=1S/C21H26N5O14P3/c22-19-16-20(24-10-23-19)26(11-25-16)21-18-17(37-15(38-18)8-12-4-2-1-3-5-12)13(36-21)9-35-42(31,32)40-43(33,34)39-41(29,30)7-6-14(27)28/h1-5,10-11,13,15,17-18,21H,6-9H2,(H,27,28)(H,29,30)(H,31,32)(H,33,34)(H2,22,23,24)/t13-,15?,17?,18+,21-/m1/s1. The number of benzene rings is 1. The molecule has 5 rings (SSSR count). The number of fused-ring (bicyclic) bond motifs is 2. The van der Waals surface area contributed by atoms with Gasteiger partial charge in [0.25, 0.3) is 0 Å². The van der Waals surface area contributed by atoms with Crippen LogP contribution in [0.3, 0.4) is 0 Å². The molecule has 2 aliphatic rings. The van der Waals surface area contributed by atoms with Gasteiger partial charge in [-0.2, -0.15) is 4.31 Å². The minimum atomic E-state index is -5.69. The molecule has 22 heteroatoms. The van der Waals surface area contributed by atoms with Gasteiger partial charge in [0, 0.05) is 6.42 Å². The van der Waals surface area contributed by atoms with Crippen LogP contribution in [0.4, 0.5) is 5.82 Å². The fourth-order valence-electron chi connectivity index (χ4n) is 4.49. The lowest BCUT2D eigenvalue weighted by Crippen LogP contribution is -2.31. The van der Waals surface area contributed by atoms with Crippen molar-refractivity contribution < 1.29 is 65.6 Å². The second kappa shape index (κ2) is 12.4. The summed E-state index contributed by atoms with van der Waals surface area (Å²) in [7, 11) is -16.1. The molecule has 2 aliphatic heterocycles. The lowest BCUT2D eigenvalue weighted by Gasteiger charge is -2.22. The number of carboxylic acid groups (broad SMARTS) is 1. The number of carbonyl (C=O) groups is 1. The Morgan fingerprint density at radius 2 is 1.70 bits per heavy atom. The predicted octanol–water partition coefficient (Wildman–Crippen LogP) is 1.57. The highest BCUT2D eigenvalue weighted by Gasteiger charge is 2.54. The monoisotopic (exact) mass is 665 g/mol. The second-order valence-electron chi connectivity index (χ2n) is 9.37. The molecule has 0 bridgehead atoms. The van der Waals surface area contributed by atoms with E-state index < -0.39 is 79.2 Å². The van der Waals surface area contributed by atoms with Gasteiger partial charge in [-0.3, -0.25) is 18.5 Å². The maximum Gasteiger partial charge on any atom is 0.488 e. The van der Waals surface area contributed by atoms with E-state index in [1.54, 1.807) is 0 Å². The van der Waals surface area contributed by atoms with Crippen molar-refractivity contribution in [2.75, 3.05) is 18.5 Å². The van der Waals surface area contributed by atoms with Crippen LogP contribution in [0.2, 0.25) is 0 Å². The Balaban J connectivity index is 1.30. The Kier molecular flexibility index (Phi) is 9.17. The lowest BCUT2D eigenvalue weighted by atomic mass is 10.1. The highest BCUT2D eigenvalue weighted by Crippen LogP contribution is 2.67. The third-order valence-corrected chi connectivity index (χ3v) is 11.0. The summed E-state index contributed by atoms with van der Waals surface area (Å²) in [4.78, 5) is 52.4. The maximum atomic E-state index is 12.5. The molecule has 0 spiro atoms. The van der Waals surface area contributed by atoms with Crippen molar-refractivity contribution in [1.29, 1.82) is 0 Å². The van der Waals surface area contributed by atoms with Crippen molar-refractivity contribution in [2.24, 2.45) is 0 Å². The number of phosphoric acid groups is 2. The van der Waals surface area contributed by atoms with E-state index in [0.717, 1.165) is 5.56 Å². The zero-order valence-corrected chi connectivity index (χ0v) is 24.5. The van der Waals surface area contributed by atoms with Crippen LogP contribution in [0, 0.1) is 0 Å². The number of nitrogens with zero attached hydrogens (tertiary/aromatic N) is 4. The number of imidazole rings is 1. The first-order valence-corrected chi connectivity index (χ1v) is 17.2. The van der Waals surface area contributed by atoms with E-state index in [0.29, 0.717) is 17.6 Å². The molecule has 5 unspecified atom stereocenters. The molecular formula is C21H26N5O14P3. The highest BCUT2D eigenvalue weighted by molar-refractivity contribution is 7.68. The summed E-state index contributed by atoms with van der Waals surface area (Å²) in [5.74, 6) is -1.37. The smallest absolute Gasteiger partial charge is 0.481 e. The van der Waals surface area contributed by atoms with Crippen molar-refractivity contribution in [3.8, 4) is 0 Å². The van der Waals surface area contributed by atoms with Gasteiger partial charge in [-0.25, -0.2) is 28.4 Å². The maximum absolute atomic E-state index is 12.5. The Hall–Kier alpha value is -2.63. The van der Waals surface area contributed by atoms with E-state index in [2.05, 4.69) is 23.6 Å². The molecule has 2 aromatic heterocycles. The number of rotatable bonds is 13. The first kappa shape index (κ1) is 31.8. The fourth-order valence-corrected chi connectivity index (χ4v) is 8.54. The average Bonchev–Trinajstić information content (AvgIpc) is 3.60. The predicted molar refractivity (Wildman–Crippen MR) is 142 cm³/mol. The number of hydrogen-bond donors (Lipinski definition) is 5. The first-order chi connectivity index (χ1) is 20.2. The van der Waals surface area contributed by atoms with Crippen molar-refractivity contribution in [3.05, 3.63) is 48.5 Å². The second-order valence-corrected chi connectivity index (χ2v) is 14.5. The van der Waals surface area contributed by atoms with Crippen LogP contribution in [-0.2, 0) is 52.3 Å². The molecule has 1 aromatic carbocycles. The number of carboxylic acids is 1. The SMILES string of the molecule is Nc1ncnc2c1ncn2[C@@H]1O[C@H](COP(=O)(O)OP(=O)(O)OP(=O)(O)CCC(=O)O)C2OC(Cc3ccccc3)O[C@@H]21. The molecule has 8 atom stereocenters. The zero-order chi connectivity index (χ0) is 31.0. The minimum Gasteiger partial charge on any atom is -0.481 e. The summed E-state index contributed by atoms with van der Waals surface area (Å²) < 4.78 is 69.4. The molecule has 0 amide bonds. The molecule has 2 saturated heterocycles. The Bertz CT molecular complexity index is 1630. The Morgan fingerprint density at radius 3 is 2.42 bits per heavy atom. The first-order valence-electron chi connectivity index (χ1n) is 12.4. The number of ether oxygens (including phenoxy) is 3. The lowest BCUT2D eigenvalue weighted by molar-refractivity contribution is -0.149. The van der Waals surface area contributed by atoms with Gasteiger partial charge in [0.1, 0.15) is 30.2 Å². The number of phosphoric ester groups is 1. The van der Waals surface area contributed by atoms with Gasteiger partial charge in [0.15, 0.2) is 24.0 Å². The minimum absolute atomic E-state index is 0.119. The summed E-state index contributed by atoms with van der Waals surface area (Å²) in [6, 6.07) is 9.30. The molecular weight excluding hydrogens is 639 g/mol. The number of nitrogens with two attached hydrogens (primary N) is 1. The fraction of sp³-hybridized carbons (Fsp3) is 0.429. The molecule has 19 nitrogen and oxygen atoms in total. The van der Waals surface area contributed by atoms with Crippen LogP contribution in [0.1, 0.15) is 18.2 Å². The third-order valence-electron chi connectivity index (χ3n) is 6.26.